The third kappa shape index (κ3) is 5.79. The van der Waals surface area contributed by atoms with Gasteiger partial charge in [-0.15, -0.1) is 10.2 Å². The fourth-order valence-electron chi connectivity index (χ4n) is 4.39. The number of aromatic nitrogens is 3. The Hall–Kier alpha value is -3.00. The number of benzene rings is 3. The summed E-state index contributed by atoms with van der Waals surface area (Å²) < 4.78 is 7.23. The summed E-state index contributed by atoms with van der Waals surface area (Å²) in [6.07, 6.45) is 0.844. The molecule has 1 aromatic heterocycles. The first-order chi connectivity index (χ1) is 17.9. The second-order valence-electron chi connectivity index (χ2n) is 9.00. The van der Waals surface area contributed by atoms with Gasteiger partial charge < -0.3 is 10.1 Å². The van der Waals surface area contributed by atoms with Crippen LogP contribution in [-0.2, 0) is 10.5 Å². The Morgan fingerprint density at radius 2 is 1.92 bits per heavy atom. The van der Waals surface area contributed by atoms with E-state index in [0.29, 0.717) is 32.5 Å². The molecule has 0 saturated heterocycles. The minimum Gasteiger partial charge on any atom is -0.497 e. The number of nitrogens with one attached hydrogen (secondary N) is 1. The van der Waals surface area contributed by atoms with Gasteiger partial charge in [0, 0.05) is 16.7 Å². The van der Waals surface area contributed by atoms with Crippen molar-refractivity contribution in [3.63, 3.8) is 0 Å². The average molecular weight is 554 g/mol. The largest absolute Gasteiger partial charge is 0.497 e. The Kier molecular flexibility index (Phi) is 7.74. The zero-order valence-corrected chi connectivity index (χ0v) is 22.7. The number of nitrogens with zero attached hydrogens (tertiary/aromatic N) is 3. The Labute approximate surface area is 230 Å². The van der Waals surface area contributed by atoms with Crippen LogP contribution in [0.25, 0.3) is 5.69 Å². The molecule has 1 amide bonds. The minimum atomic E-state index is -0.391. The quantitative estimate of drug-likeness (QED) is 0.230. The van der Waals surface area contributed by atoms with E-state index < -0.39 is 6.04 Å². The van der Waals surface area contributed by atoms with Crippen LogP contribution >= 0.6 is 35.0 Å². The number of methoxy groups -OCH3 is 1. The van der Waals surface area contributed by atoms with Gasteiger partial charge in [-0.1, -0.05) is 77.4 Å². The molecule has 1 N–H and O–H groups in total. The summed E-state index contributed by atoms with van der Waals surface area (Å²) in [5.41, 5.74) is 2.94. The van der Waals surface area contributed by atoms with Crippen molar-refractivity contribution in [3.8, 4) is 11.4 Å². The van der Waals surface area contributed by atoms with E-state index >= 15 is 0 Å². The molecule has 0 spiro atoms. The average Bonchev–Trinajstić information content (AvgIpc) is 3.62. The highest BCUT2D eigenvalue weighted by atomic mass is 35.5. The lowest BCUT2D eigenvalue weighted by atomic mass is 10.1. The van der Waals surface area contributed by atoms with Gasteiger partial charge in [-0.3, -0.25) is 9.36 Å². The van der Waals surface area contributed by atoms with Gasteiger partial charge in [0.15, 0.2) is 11.0 Å². The first kappa shape index (κ1) is 25.6. The van der Waals surface area contributed by atoms with Crippen molar-refractivity contribution >= 4 is 40.9 Å². The maximum Gasteiger partial charge on any atom is 0.224 e. The molecule has 1 fully saturated rings. The summed E-state index contributed by atoms with van der Waals surface area (Å²) in [7, 11) is 1.65. The normalized spacial score (nSPS) is 17.3. The highest BCUT2D eigenvalue weighted by Crippen LogP contribution is 2.47. The Balaban J connectivity index is 1.39. The molecular formula is C28H26Cl2N4O2S. The minimum absolute atomic E-state index is 0.0127. The van der Waals surface area contributed by atoms with Gasteiger partial charge in [-0.2, -0.15) is 0 Å². The third-order valence-corrected chi connectivity index (χ3v) is 7.97. The highest BCUT2D eigenvalue weighted by Gasteiger charge is 2.44. The van der Waals surface area contributed by atoms with E-state index in [0.717, 1.165) is 17.7 Å². The van der Waals surface area contributed by atoms with Crippen LogP contribution < -0.4 is 10.1 Å². The van der Waals surface area contributed by atoms with Crippen LogP contribution in [0.1, 0.15) is 42.3 Å². The summed E-state index contributed by atoms with van der Waals surface area (Å²) in [5.74, 6) is 2.25. The Bertz CT molecular complexity index is 1410. The van der Waals surface area contributed by atoms with Gasteiger partial charge in [-0.25, -0.2) is 0 Å². The molecule has 1 aliphatic rings. The highest BCUT2D eigenvalue weighted by molar-refractivity contribution is 7.98. The summed E-state index contributed by atoms with van der Waals surface area (Å²) in [4.78, 5) is 13.1. The molecule has 1 heterocycles. The van der Waals surface area contributed by atoms with Crippen LogP contribution in [0.4, 0.5) is 0 Å². The molecule has 37 heavy (non-hydrogen) atoms. The Morgan fingerprint density at radius 1 is 1.11 bits per heavy atom. The lowest BCUT2D eigenvalue weighted by molar-refractivity contribution is -0.123. The zero-order valence-electron chi connectivity index (χ0n) is 20.4. The van der Waals surface area contributed by atoms with Crippen molar-refractivity contribution < 1.29 is 9.53 Å². The molecule has 3 aromatic carbocycles. The molecule has 190 valence electrons. The van der Waals surface area contributed by atoms with Crippen molar-refractivity contribution in [2.45, 2.75) is 36.2 Å². The number of ether oxygens (including phenoxy) is 1. The summed E-state index contributed by atoms with van der Waals surface area (Å²) in [6, 6.07) is 22.9. The van der Waals surface area contributed by atoms with E-state index in [9.17, 15) is 4.79 Å². The van der Waals surface area contributed by atoms with Gasteiger partial charge in [0.1, 0.15) is 5.75 Å². The molecule has 4 aromatic rings. The van der Waals surface area contributed by atoms with Gasteiger partial charge in [0.05, 0.1) is 23.9 Å². The first-order valence-electron chi connectivity index (χ1n) is 12.0. The first-order valence-corrected chi connectivity index (χ1v) is 13.7. The zero-order chi connectivity index (χ0) is 25.9. The molecule has 5 rings (SSSR count). The Morgan fingerprint density at radius 3 is 2.70 bits per heavy atom. The number of thioether (sulfide) groups is 1. The summed E-state index contributed by atoms with van der Waals surface area (Å²) in [5, 5.41) is 13.8. The van der Waals surface area contributed by atoms with Crippen LogP contribution in [0.2, 0.25) is 10.0 Å². The molecule has 6 nitrogen and oxygen atoms in total. The van der Waals surface area contributed by atoms with Gasteiger partial charge in [0.2, 0.25) is 5.91 Å². The maximum absolute atomic E-state index is 13.1. The van der Waals surface area contributed by atoms with Crippen molar-refractivity contribution in [1.82, 2.24) is 20.1 Å². The maximum atomic E-state index is 13.1. The van der Waals surface area contributed by atoms with E-state index in [1.54, 1.807) is 25.3 Å². The topological polar surface area (TPSA) is 69.0 Å². The fourth-order valence-corrected chi connectivity index (χ4v) is 5.65. The van der Waals surface area contributed by atoms with E-state index in [-0.39, 0.29) is 17.7 Å². The predicted molar refractivity (Wildman–Crippen MR) is 148 cm³/mol. The van der Waals surface area contributed by atoms with Gasteiger partial charge >= 0.3 is 0 Å². The molecule has 0 aliphatic heterocycles. The van der Waals surface area contributed by atoms with Crippen molar-refractivity contribution in [1.29, 1.82) is 0 Å². The van der Waals surface area contributed by atoms with E-state index in [2.05, 4.69) is 27.6 Å². The number of hydrogen-bond acceptors (Lipinski definition) is 5. The molecule has 1 aliphatic carbocycles. The third-order valence-electron chi connectivity index (χ3n) is 6.41. The van der Waals surface area contributed by atoms with E-state index in [1.807, 2.05) is 54.0 Å². The van der Waals surface area contributed by atoms with Crippen molar-refractivity contribution in [2.24, 2.45) is 5.92 Å². The van der Waals surface area contributed by atoms with E-state index in [4.69, 9.17) is 27.9 Å². The molecule has 3 atom stereocenters. The van der Waals surface area contributed by atoms with Crippen LogP contribution in [0.15, 0.2) is 78.0 Å². The molecule has 1 saturated carbocycles. The van der Waals surface area contributed by atoms with Crippen LogP contribution in [0, 0.1) is 5.92 Å². The molecule has 0 bridgehead atoms. The standard InChI is InChI=1S/C28H26Cl2N4O2S/c1-17(31-27(35)23-15-22(23)19-8-4-3-5-9-19)26-32-33-28(34(26)25-14-20(29)11-12-24(25)30)37-16-18-7-6-10-21(13-18)36-2/h3-14,17,22-23H,15-16H2,1-2H3,(H,31,35)/t17?,22-,23?/m0/s1. The molecule has 9 heteroatoms. The van der Waals surface area contributed by atoms with Gasteiger partial charge in [-0.05, 0) is 60.7 Å². The van der Waals surface area contributed by atoms with E-state index in [1.165, 1.54) is 17.3 Å². The number of hydrogen-bond donors (Lipinski definition) is 1. The van der Waals surface area contributed by atoms with Crippen LogP contribution in [0.3, 0.4) is 0 Å². The second kappa shape index (κ2) is 11.2. The summed E-state index contributed by atoms with van der Waals surface area (Å²) in [6.45, 7) is 1.91. The SMILES string of the molecule is COc1cccc(CSc2nnc(C(C)NC(=O)C3C[C@H]3c3ccccc3)n2-c2cc(Cl)ccc2Cl)c1. The number of carbonyl (C=O) groups excluding carboxylic acids is 1. The monoisotopic (exact) mass is 552 g/mol. The number of carbonyl (C=O) groups is 1. The molecule has 2 unspecified atom stereocenters. The molecule has 0 radical (unpaired) electrons. The van der Waals surface area contributed by atoms with Crippen molar-refractivity contribution in [2.75, 3.05) is 7.11 Å². The fraction of sp³-hybridized carbons (Fsp3) is 0.250. The van der Waals surface area contributed by atoms with Crippen LogP contribution in [-0.4, -0.2) is 27.8 Å². The smallest absolute Gasteiger partial charge is 0.224 e. The van der Waals surface area contributed by atoms with Crippen molar-refractivity contribution in [3.05, 3.63) is 99.8 Å². The number of halogens is 2. The predicted octanol–water partition coefficient (Wildman–Crippen LogP) is 6.86. The van der Waals surface area contributed by atoms with Gasteiger partial charge in [0.25, 0.3) is 0 Å². The number of amides is 1. The van der Waals surface area contributed by atoms with Crippen LogP contribution in [0.5, 0.6) is 5.75 Å². The lowest BCUT2D eigenvalue weighted by Crippen LogP contribution is -2.30. The lowest BCUT2D eigenvalue weighted by Gasteiger charge is -2.17. The molecular weight excluding hydrogens is 527 g/mol. The summed E-state index contributed by atoms with van der Waals surface area (Å²) >= 11 is 14.4. The number of rotatable bonds is 9. The second-order valence-corrected chi connectivity index (χ2v) is 10.8.